The van der Waals surface area contributed by atoms with Crippen LogP contribution in [0.2, 0.25) is 4.34 Å². The lowest BCUT2D eigenvalue weighted by Crippen LogP contribution is -2.49. The lowest BCUT2D eigenvalue weighted by Gasteiger charge is -2.33. The van der Waals surface area contributed by atoms with Crippen molar-refractivity contribution in [2.24, 2.45) is 0 Å². The molecule has 2 aromatic rings. The summed E-state index contributed by atoms with van der Waals surface area (Å²) in [5.41, 5.74) is 1.64. The number of thiophene rings is 1. The topological polar surface area (TPSA) is 66.5 Å². The molecule has 1 atom stereocenters. The molecule has 2 heterocycles. The van der Waals surface area contributed by atoms with Crippen LogP contribution in [0.1, 0.15) is 24.8 Å². The summed E-state index contributed by atoms with van der Waals surface area (Å²) in [7, 11) is -3.73. The summed E-state index contributed by atoms with van der Waals surface area (Å²) in [5.74, 6) is -0.291. The molecule has 0 radical (unpaired) electrons. The first-order valence-corrected chi connectivity index (χ1v) is 10.7. The summed E-state index contributed by atoms with van der Waals surface area (Å²) >= 11 is 6.90. The van der Waals surface area contributed by atoms with E-state index < -0.39 is 16.1 Å². The van der Waals surface area contributed by atoms with Gasteiger partial charge in [0.1, 0.15) is 10.3 Å². The lowest BCUT2D eigenvalue weighted by atomic mass is 10.0. The quantitative estimate of drug-likeness (QED) is 0.849. The normalized spacial score (nSPS) is 18.9. The Kier molecular flexibility index (Phi) is 5.48. The Labute approximate surface area is 156 Å². The second-order valence-corrected chi connectivity index (χ2v) is 9.82. The van der Waals surface area contributed by atoms with Crippen LogP contribution in [-0.2, 0) is 14.8 Å². The van der Waals surface area contributed by atoms with Gasteiger partial charge in [-0.15, -0.1) is 11.3 Å². The summed E-state index contributed by atoms with van der Waals surface area (Å²) < 4.78 is 27.8. The van der Waals surface area contributed by atoms with Crippen molar-refractivity contribution in [2.75, 3.05) is 11.9 Å². The van der Waals surface area contributed by atoms with Crippen molar-refractivity contribution in [3.05, 3.63) is 46.3 Å². The van der Waals surface area contributed by atoms with Crippen LogP contribution >= 0.6 is 22.9 Å². The van der Waals surface area contributed by atoms with Crippen molar-refractivity contribution in [2.45, 2.75) is 36.4 Å². The van der Waals surface area contributed by atoms with Gasteiger partial charge in [0.15, 0.2) is 0 Å². The summed E-state index contributed by atoms with van der Waals surface area (Å²) in [5, 5.41) is 2.87. The Balaban J connectivity index is 1.86. The number of amides is 1. The first-order chi connectivity index (χ1) is 11.9. The van der Waals surface area contributed by atoms with E-state index >= 15 is 0 Å². The predicted octanol–water partition coefficient (Wildman–Crippen LogP) is 3.89. The van der Waals surface area contributed by atoms with Gasteiger partial charge in [-0.3, -0.25) is 4.79 Å². The van der Waals surface area contributed by atoms with E-state index in [1.807, 2.05) is 31.2 Å². The molecule has 1 saturated heterocycles. The second kappa shape index (κ2) is 7.45. The number of anilines is 1. The number of hydrogen-bond donors (Lipinski definition) is 1. The Hall–Kier alpha value is -1.41. The summed E-state index contributed by atoms with van der Waals surface area (Å²) in [6.07, 6.45) is 2.08. The van der Waals surface area contributed by atoms with Gasteiger partial charge in [0.25, 0.3) is 10.0 Å². The minimum absolute atomic E-state index is 0.174. The number of nitrogens with zero attached hydrogens (tertiary/aromatic N) is 1. The monoisotopic (exact) mass is 398 g/mol. The fourth-order valence-electron chi connectivity index (χ4n) is 2.94. The fourth-order valence-corrected chi connectivity index (χ4v) is 6.20. The Morgan fingerprint density at radius 3 is 2.68 bits per heavy atom. The average molecular weight is 399 g/mol. The van der Waals surface area contributed by atoms with Gasteiger partial charge in [0, 0.05) is 12.2 Å². The molecule has 0 unspecified atom stereocenters. The number of sulfonamides is 1. The molecule has 1 fully saturated rings. The molecule has 0 bridgehead atoms. The van der Waals surface area contributed by atoms with Crippen LogP contribution in [0.4, 0.5) is 5.69 Å². The zero-order chi connectivity index (χ0) is 18.0. The van der Waals surface area contributed by atoms with Crippen molar-refractivity contribution in [3.8, 4) is 0 Å². The van der Waals surface area contributed by atoms with E-state index in [9.17, 15) is 13.2 Å². The van der Waals surface area contributed by atoms with Crippen LogP contribution in [0.3, 0.4) is 0 Å². The van der Waals surface area contributed by atoms with Crippen LogP contribution in [0, 0.1) is 6.92 Å². The van der Waals surface area contributed by atoms with Gasteiger partial charge in [-0.05, 0) is 43.5 Å². The predicted molar refractivity (Wildman–Crippen MR) is 101 cm³/mol. The molecule has 1 N–H and O–H groups in total. The van der Waals surface area contributed by atoms with E-state index in [1.165, 1.54) is 10.4 Å². The van der Waals surface area contributed by atoms with Crippen LogP contribution in [0.5, 0.6) is 0 Å². The van der Waals surface area contributed by atoms with Gasteiger partial charge in [-0.2, -0.15) is 4.31 Å². The number of piperidine rings is 1. The molecule has 1 aromatic heterocycles. The molecule has 0 aliphatic carbocycles. The zero-order valence-corrected chi connectivity index (χ0v) is 16.1. The summed E-state index contributed by atoms with van der Waals surface area (Å²) in [4.78, 5) is 12.8. The Bertz CT molecular complexity index is 880. The van der Waals surface area contributed by atoms with Crippen LogP contribution in [0.15, 0.2) is 40.6 Å². The third-order valence-corrected chi connectivity index (χ3v) is 7.88. The standard InChI is InChI=1S/C17H19ClN2O3S2/c1-12-6-2-3-7-13(12)19-17(21)14-8-4-5-11-20(14)25(22,23)16-10-9-15(18)24-16/h2-3,6-7,9-10,14H,4-5,8,11H2,1H3,(H,19,21)/t14-/m0/s1. The molecule has 1 aliphatic rings. The van der Waals surface area contributed by atoms with Crippen molar-refractivity contribution < 1.29 is 13.2 Å². The van der Waals surface area contributed by atoms with Gasteiger partial charge >= 0.3 is 0 Å². The molecular formula is C17H19ClN2O3S2. The van der Waals surface area contributed by atoms with E-state index in [2.05, 4.69) is 5.32 Å². The highest BCUT2D eigenvalue weighted by atomic mass is 35.5. The largest absolute Gasteiger partial charge is 0.324 e. The van der Waals surface area contributed by atoms with Gasteiger partial charge in [-0.1, -0.05) is 36.2 Å². The highest BCUT2D eigenvalue weighted by molar-refractivity contribution is 7.91. The van der Waals surface area contributed by atoms with Gasteiger partial charge < -0.3 is 5.32 Å². The van der Waals surface area contributed by atoms with E-state index in [4.69, 9.17) is 11.6 Å². The van der Waals surface area contributed by atoms with Gasteiger partial charge in [0.05, 0.1) is 4.34 Å². The molecule has 1 aromatic carbocycles. The van der Waals surface area contributed by atoms with E-state index in [1.54, 1.807) is 6.07 Å². The maximum Gasteiger partial charge on any atom is 0.253 e. The first kappa shape index (κ1) is 18.4. The minimum Gasteiger partial charge on any atom is -0.324 e. The SMILES string of the molecule is Cc1ccccc1NC(=O)[C@@H]1CCCCN1S(=O)(=O)c1ccc(Cl)s1. The van der Waals surface area contributed by atoms with E-state index in [-0.39, 0.29) is 10.1 Å². The molecule has 1 aliphatic heterocycles. The highest BCUT2D eigenvalue weighted by Gasteiger charge is 2.38. The number of benzene rings is 1. The molecule has 1 amide bonds. The number of carbonyl (C=O) groups is 1. The van der Waals surface area contributed by atoms with Gasteiger partial charge in [-0.25, -0.2) is 8.42 Å². The molecule has 0 saturated carbocycles. The summed E-state index contributed by atoms with van der Waals surface area (Å²) in [6, 6.07) is 9.79. The Morgan fingerprint density at radius 2 is 2.00 bits per heavy atom. The second-order valence-electron chi connectivity index (χ2n) is 5.99. The van der Waals surface area contributed by atoms with Crippen molar-refractivity contribution in [3.63, 3.8) is 0 Å². The molecule has 134 valence electrons. The number of rotatable bonds is 4. The first-order valence-electron chi connectivity index (χ1n) is 8.03. The smallest absolute Gasteiger partial charge is 0.253 e. The molecule has 8 heteroatoms. The third-order valence-electron chi connectivity index (χ3n) is 4.27. The molecule has 3 rings (SSSR count). The number of nitrogens with one attached hydrogen (secondary N) is 1. The molecule has 0 spiro atoms. The van der Waals surface area contributed by atoms with Crippen molar-refractivity contribution >= 4 is 44.6 Å². The highest BCUT2D eigenvalue weighted by Crippen LogP contribution is 2.32. The maximum atomic E-state index is 12.9. The lowest BCUT2D eigenvalue weighted by molar-refractivity contribution is -0.120. The van der Waals surface area contributed by atoms with Crippen molar-refractivity contribution in [1.82, 2.24) is 4.31 Å². The average Bonchev–Trinajstić information content (AvgIpc) is 3.04. The third kappa shape index (κ3) is 3.89. The minimum atomic E-state index is -3.73. The van der Waals surface area contributed by atoms with Crippen LogP contribution in [0.25, 0.3) is 0 Å². The van der Waals surface area contributed by atoms with E-state index in [0.29, 0.717) is 23.0 Å². The van der Waals surface area contributed by atoms with Gasteiger partial charge in [0.2, 0.25) is 5.91 Å². The maximum absolute atomic E-state index is 12.9. The molecular weight excluding hydrogens is 380 g/mol. The molecule has 5 nitrogen and oxygen atoms in total. The van der Waals surface area contributed by atoms with Crippen molar-refractivity contribution in [1.29, 1.82) is 0 Å². The molecule has 25 heavy (non-hydrogen) atoms. The summed E-state index contributed by atoms with van der Waals surface area (Å²) in [6.45, 7) is 2.24. The van der Waals surface area contributed by atoms with E-state index in [0.717, 1.165) is 29.7 Å². The number of carbonyl (C=O) groups excluding carboxylic acids is 1. The number of para-hydroxylation sites is 1. The zero-order valence-electron chi connectivity index (χ0n) is 13.7. The fraction of sp³-hybridized carbons (Fsp3) is 0.353. The number of aryl methyl sites for hydroxylation is 1. The van der Waals surface area contributed by atoms with Crippen LogP contribution < -0.4 is 5.32 Å². The Morgan fingerprint density at radius 1 is 1.24 bits per heavy atom. The number of hydrogen-bond acceptors (Lipinski definition) is 4. The number of halogens is 1. The van der Waals surface area contributed by atoms with Crippen LogP contribution in [-0.4, -0.2) is 31.2 Å².